The maximum Gasteiger partial charge on any atom is 0.474 e. The highest BCUT2D eigenvalue weighted by Crippen LogP contribution is 2.47. The predicted molar refractivity (Wildman–Crippen MR) is 161 cm³/mol. The van der Waals surface area contributed by atoms with Gasteiger partial charge in [0.2, 0.25) is 0 Å². The van der Waals surface area contributed by atoms with Crippen LogP contribution in [0.5, 0.6) is 0 Å². The molecule has 0 aliphatic heterocycles. The molecular weight excluding hydrogens is 669 g/mol. The van der Waals surface area contributed by atoms with Gasteiger partial charge in [0.15, 0.2) is 20.4 Å². The van der Waals surface area contributed by atoms with Gasteiger partial charge in [-0.15, -0.1) is 0 Å². The van der Waals surface area contributed by atoms with Gasteiger partial charge in [-0.2, -0.15) is 0 Å². The van der Waals surface area contributed by atoms with Crippen LogP contribution in [-0.4, -0.2) is 116 Å². The van der Waals surface area contributed by atoms with Crippen molar-refractivity contribution in [2.45, 2.75) is 79.4 Å². The van der Waals surface area contributed by atoms with Crippen LogP contribution >= 0.6 is 23.2 Å². The molecule has 0 aromatic carbocycles. The minimum absolute atomic E-state index is 0.00781. The Bertz CT molecular complexity index is 859. The van der Waals surface area contributed by atoms with E-state index in [0.717, 1.165) is 0 Å². The van der Waals surface area contributed by atoms with Gasteiger partial charge in [0, 0.05) is 11.8 Å². The number of hydrogen-bond donors (Lipinski definition) is 5. The number of phosphoric acid groups is 2. The molecule has 0 amide bonds. The molecule has 5 unspecified atom stereocenters. The fourth-order valence-corrected chi connectivity index (χ4v) is 4.54. The molecule has 0 aliphatic carbocycles. The standard InChI is InChI=1S/C12H28O10P2.C12H27O8P/c1-10(2)22-24(16,17)21-9-19-7-12(5-13)6-18-8-20-23(14,15)11(3)4;1-10(2)18-8-16-6-12(5-13)7-17-9-19-21(14,15)20-11(3)4/h10-13H,5-9H2,1-4H3,(H,14,15)(H,16,17);10-13H,5-9H2,1-4H3,(H,14,15). The van der Waals surface area contributed by atoms with Gasteiger partial charge in [0.1, 0.15) is 6.79 Å². The van der Waals surface area contributed by atoms with Crippen LogP contribution < -0.4 is 0 Å². The Hall–Kier alpha value is 0.0900. The molecule has 0 rings (SSSR count). The second-order valence-corrected chi connectivity index (χ2v) is 15.8. The number of ether oxygens (including phenoxy) is 5. The summed E-state index contributed by atoms with van der Waals surface area (Å²) in [6.07, 6.45) is -0.838. The third-order valence-electron chi connectivity index (χ3n) is 4.68. The van der Waals surface area contributed by atoms with Gasteiger partial charge in [-0.25, -0.2) is 9.13 Å². The van der Waals surface area contributed by atoms with E-state index in [-0.39, 0.29) is 58.5 Å². The van der Waals surface area contributed by atoms with Gasteiger partial charge in [-0.1, -0.05) is 13.8 Å². The topological polar surface area (TPSA) is 245 Å². The van der Waals surface area contributed by atoms with E-state index < -0.39 is 67.4 Å². The Kier molecular flexibility index (Phi) is 27.3. The van der Waals surface area contributed by atoms with Crippen LogP contribution in [-0.2, 0) is 60.0 Å². The third-order valence-corrected chi connectivity index (χ3v) is 8.70. The van der Waals surface area contributed by atoms with Crippen LogP contribution in [0.1, 0.15) is 55.4 Å². The van der Waals surface area contributed by atoms with Crippen LogP contribution in [0.2, 0.25) is 0 Å². The Morgan fingerprint density at radius 1 is 0.511 bits per heavy atom. The molecule has 0 radical (unpaired) electrons. The zero-order valence-corrected chi connectivity index (χ0v) is 30.1. The first-order chi connectivity index (χ1) is 20.8. The van der Waals surface area contributed by atoms with Gasteiger partial charge in [0.05, 0.1) is 63.6 Å². The lowest BCUT2D eigenvalue weighted by Gasteiger charge is -2.18. The van der Waals surface area contributed by atoms with E-state index in [2.05, 4.69) is 13.6 Å². The number of aliphatic hydroxyl groups excluding tert-OH is 2. The zero-order valence-electron chi connectivity index (χ0n) is 27.4. The highest BCUT2D eigenvalue weighted by molar-refractivity contribution is 7.53. The Labute approximate surface area is 266 Å². The van der Waals surface area contributed by atoms with Gasteiger partial charge >= 0.3 is 23.2 Å². The predicted octanol–water partition coefficient (Wildman–Crippen LogP) is 3.21. The molecule has 0 heterocycles. The lowest BCUT2D eigenvalue weighted by atomic mass is 10.2. The average molecular weight is 725 g/mol. The molecule has 0 fully saturated rings. The van der Waals surface area contributed by atoms with Gasteiger partial charge in [-0.05, 0) is 41.5 Å². The van der Waals surface area contributed by atoms with E-state index in [0.29, 0.717) is 0 Å². The van der Waals surface area contributed by atoms with Crippen LogP contribution in [0.25, 0.3) is 0 Å². The van der Waals surface area contributed by atoms with E-state index in [1.807, 2.05) is 13.8 Å². The van der Waals surface area contributed by atoms with Crippen LogP contribution in [0, 0.1) is 11.8 Å². The molecule has 5 N–H and O–H groups in total. The van der Waals surface area contributed by atoms with E-state index >= 15 is 0 Å². The average Bonchev–Trinajstić information content (AvgIpc) is 2.89. The van der Waals surface area contributed by atoms with Crippen molar-refractivity contribution in [3.63, 3.8) is 0 Å². The SMILES string of the molecule is CC(C)OCOCC(CO)COCOP(=O)(O)OC(C)C.CC(C)OP(=O)(O)OCOCC(CO)COCOP(=O)(O)C(C)C. The van der Waals surface area contributed by atoms with Crippen molar-refractivity contribution in [1.29, 1.82) is 0 Å². The number of rotatable bonds is 27. The summed E-state index contributed by atoms with van der Waals surface area (Å²) in [5.74, 6) is -0.730. The molecule has 0 saturated carbocycles. The highest BCUT2D eigenvalue weighted by atomic mass is 31.2. The molecule has 0 bridgehead atoms. The van der Waals surface area contributed by atoms with Gasteiger partial charge in [0.25, 0.3) is 0 Å². The molecular formula is C24H55O18P3. The molecule has 0 aromatic rings. The van der Waals surface area contributed by atoms with Crippen molar-refractivity contribution in [3.8, 4) is 0 Å². The van der Waals surface area contributed by atoms with Crippen molar-refractivity contribution in [2.24, 2.45) is 11.8 Å². The fraction of sp³-hybridized carbons (Fsp3) is 1.00. The van der Waals surface area contributed by atoms with Crippen LogP contribution in [0.15, 0.2) is 0 Å². The minimum atomic E-state index is -4.17. The Balaban J connectivity index is 0. The van der Waals surface area contributed by atoms with Crippen LogP contribution in [0.3, 0.4) is 0 Å². The van der Waals surface area contributed by atoms with Crippen molar-refractivity contribution in [1.82, 2.24) is 0 Å². The van der Waals surface area contributed by atoms with Crippen molar-refractivity contribution < 1.29 is 84.9 Å². The lowest BCUT2D eigenvalue weighted by molar-refractivity contribution is -0.103. The molecule has 5 atom stereocenters. The van der Waals surface area contributed by atoms with E-state index in [9.17, 15) is 33.5 Å². The second kappa shape index (κ2) is 26.0. The molecule has 274 valence electrons. The first kappa shape index (κ1) is 47.2. The maximum atomic E-state index is 11.5. The molecule has 0 spiro atoms. The Morgan fingerprint density at radius 3 is 1.13 bits per heavy atom. The van der Waals surface area contributed by atoms with Gasteiger partial charge < -0.3 is 48.6 Å². The van der Waals surface area contributed by atoms with E-state index in [1.165, 1.54) is 0 Å². The van der Waals surface area contributed by atoms with Crippen molar-refractivity contribution in [2.75, 3.05) is 66.8 Å². The van der Waals surface area contributed by atoms with E-state index in [1.54, 1.807) is 41.5 Å². The van der Waals surface area contributed by atoms with Crippen molar-refractivity contribution in [3.05, 3.63) is 0 Å². The summed E-state index contributed by atoms with van der Waals surface area (Å²) >= 11 is 0. The molecule has 21 heteroatoms. The molecule has 18 nitrogen and oxygen atoms in total. The summed E-state index contributed by atoms with van der Waals surface area (Å²) in [4.78, 5) is 28.0. The maximum absolute atomic E-state index is 11.5. The summed E-state index contributed by atoms with van der Waals surface area (Å²) in [6.45, 7) is 12.1. The van der Waals surface area contributed by atoms with Gasteiger partial charge in [-0.3, -0.25) is 27.2 Å². The number of phosphoric ester groups is 2. The highest BCUT2D eigenvalue weighted by Gasteiger charge is 2.25. The fourth-order valence-electron chi connectivity index (χ4n) is 2.41. The molecule has 45 heavy (non-hydrogen) atoms. The molecule has 0 aliphatic rings. The smallest absolute Gasteiger partial charge is 0.396 e. The zero-order chi connectivity index (χ0) is 35.1. The summed E-state index contributed by atoms with van der Waals surface area (Å²) in [7, 11) is -12.0. The number of hydrogen-bond acceptors (Lipinski definition) is 15. The summed E-state index contributed by atoms with van der Waals surface area (Å²) in [5, 5.41) is 18.3. The largest absolute Gasteiger partial charge is 0.474 e. The number of aliphatic hydroxyl groups is 2. The van der Waals surface area contributed by atoms with E-state index in [4.69, 9.17) is 37.8 Å². The normalized spacial score (nSPS) is 17.5. The third kappa shape index (κ3) is 29.9. The molecule has 0 aromatic heterocycles. The summed E-state index contributed by atoms with van der Waals surface area (Å²) in [6, 6.07) is 0. The van der Waals surface area contributed by atoms with Crippen molar-refractivity contribution >= 4 is 23.2 Å². The molecule has 0 saturated heterocycles. The first-order valence-corrected chi connectivity index (χ1v) is 18.8. The Morgan fingerprint density at radius 2 is 0.844 bits per heavy atom. The quantitative estimate of drug-likeness (QED) is 0.0464. The lowest BCUT2D eigenvalue weighted by Crippen LogP contribution is -2.22. The first-order valence-electron chi connectivity index (χ1n) is 14.2. The minimum Gasteiger partial charge on any atom is -0.396 e. The van der Waals surface area contributed by atoms with Crippen LogP contribution in [0.4, 0.5) is 0 Å². The monoisotopic (exact) mass is 724 g/mol. The summed E-state index contributed by atoms with van der Waals surface area (Å²) < 4.78 is 83.1. The second-order valence-electron chi connectivity index (χ2n) is 10.6. The summed E-state index contributed by atoms with van der Waals surface area (Å²) in [5.41, 5.74) is -0.544.